The highest BCUT2D eigenvalue weighted by Crippen LogP contribution is 2.24. The second-order valence-corrected chi connectivity index (χ2v) is 6.36. The van der Waals surface area contributed by atoms with Gasteiger partial charge in [0.1, 0.15) is 0 Å². The van der Waals surface area contributed by atoms with Crippen molar-refractivity contribution in [1.29, 1.82) is 0 Å². The number of benzene rings is 1. The van der Waals surface area contributed by atoms with Crippen molar-refractivity contribution in [3.63, 3.8) is 0 Å². The summed E-state index contributed by atoms with van der Waals surface area (Å²) in [6.45, 7) is 5.37. The molecule has 1 saturated heterocycles. The number of carbonyl (C=O) groups excluding carboxylic acids is 2. The summed E-state index contributed by atoms with van der Waals surface area (Å²) in [5.74, 6) is 0.0566. The van der Waals surface area contributed by atoms with Gasteiger partial charge in [-0.3, -0.25) is 9.59 Å². The van der Waals surface area contributed by atoms with Gasteiger partial charge in [0, 0.05) is 25.2 Å². The lowest BCUT2D eigenvalue weighted by molar-refractivity contribution is -0.134. The summed E-state index contributed by atoms with van der Waals surface area (Å²) in [6.07, 6.45) is 9.40. The average Bonchev–Trinajstić information content (AvgIpc) is 2.64. The third kappa shape index (κ3) is 5.59. The molecule has 2 amide bonds. The van der Waals surface area contributed by atoms with Crippen molar-refractivity contribution in [3.8, 4) is 0 Å². The van der Waals surface area contributed by atoms with Gasteiger partial charge in [0.05, 0.1) is 5.92 Å². The zero-order valence-corrected chi connectivity index (χ0v) is 15.2. The lowest BCUT2D eigenvalue weighted by Gasteiger charge is -2.34. The number of nitrogens with one attached hydrogen (secondary N) is 1. The van der Waals surface area contributed by atoms with Crippen LogP contribution in [0.5, 0.6) is 0 Å². The first-order chi connectivity index (χ1) is 12.2. The number of piperidine rings is 1. The van der Waals surface area contributed by atoms with Crippen molar-refractivity contribution in [3.05, 3.63) is 60.2 Å². The number of rotatable bonds is 6. The largest absolute Gasteiger partial charge is 0.350 e. The molecule has 0 aromatic heterocycles. The Labute approximate surface area is 150 Å². The van der Waals surface area contributed by atoms with Crippen LogP contribution < -0.4 is 5.32 Å². The van der Waals surface area contributed by atoms with Crippen LogP contribution in [-0.4, -0.2) is 35.8 Å². The summed E-state index contributed by atoms with van der Waals surface area (Å²) in [6, 6.07) is 10.1. The zero-order chi connectivity index (χ0) is 18.1. The molecule has 1 aromatic rings. The van der Waals surface area contributed by atoms with E-state index in [1.54, 1.807) is 12.2 Å². The number of hydrogen-bond donors (Lipinski definition) is 1. The molecule has 0 bridgehead atoms. The average molecular weight is 340 g/mol. The summed E-state index contributed by atoms with van der Waals surface area (Å²) in [5, 5.41) is 3.01. The first-order valence-electron chi connectivity index (χ1n) is 9.09. The van der Waals surface area contributed by atoms with Gasteiger partial charge >= 0.3 is 0 Å². The van der Waals surface area contributed by atoms with Crippen LogP contribution in [-0.2, 0) is 9.59 Å². The quantitative estimate of drug-likeness (QED) is 0.637. The Kier molecular flexibility index (Phi) is 7.45. The lowest BCUT2D eigenvalue weighted by Crippen LogP contribution is -2.47. The van der Waals surface area contributed by atoms with Crippen molar-refractivity contribution in [1.82, 2.24) is 10.2 Å². The van der Waals surface area contributed by atoms with Crippen LogP contribution in [0.2, 0.25) is 0 Å². The number of nitrogens with zero attached hydrogens (tertiary/aromatic N) is 1. The Balaban J connectivity index is 1.86. The van der Waals surface area contributed by atoms with Crippen LogP contribution in [0.1, 0.15) is 44.6 Å². The molecule has 4 heteroatoms. The number of carbonyl (C=O) groups is 2. The van der Waals surface area contributed by atoms with E-state index < -0.39 is 0 Å². The van der Waals surface area contributed by atoms with Crippen molar-refractivity contribution in [2.24, 2.45) is 0 Å². The molecule has 1 fully saturated rings. The Hall–Kier alpha value is -2.36. The molecule has 1 N–H and O–H groups in total. The maximum absolute atomic E-state index is 12.9. The van der Waals surface area contributed by atoms with E-state index >= 15 is 0 Å². The van der Waals surface area contributed by atoms with E-state index in [4.69, 9.17) is 0 Å². The van der Waals surface area contributed by atoms with Gasteiger partial charge in [-0.25, -0.2) is 0 Å². The first kappa shape index (κ1) is 19.0. The molecule has 1 unspecified atom stereocenters. The molecule has 1 heterocycles. The topological polar surface area (TPSA) is 49.4 Å². The van der Waals surface area contributed by atoms with Crippen LogP contribution in [0.25, 0.3) is 0 Å². The van der Waals surface area contributed by atoms with E-state index in [1.807, 2.05) is 54.3 Å². The highest BCUT2D eigenvalue weighted by Gasteiger charge is 2.28. The molecule has 2 rings (SSSR count). The van der Waals surface area contributed by atoms with E-state index in [1.165, 1.54) is 0 Å². The Morgan fingerprint density at radius 2 is 1.88 bits per heavy atom. The molecule has 0 aliphatic carbocycles. The van der Waals surface area contributed by atoms with E-state index in [0.29, 0.717) is 13.1 Å². The fraction of sp³-hybridized carbons (Fsp3) is 0.429. The van der Waals surface area contributed by atoms with Crippen LogP contribution >= 0.6 is 0 Å². The molecule has 1 aliphatic rings. The van der Waals surface area contributed by atoms with Crippen molar-refractivity contribution >= 4 is 11.8 Å². The van der Waals surface area contributed by atoms with Crippen LogP contribution in [0.15, 0.2) is 54.6 Å². The Morgan fingerprint density at radius 1 is 1.20 bits per heavy atom. The number of hydrogen-bond acceptors (Lipinski definition) is 2. The highest BCUT2D eigenvalue weighted by atomic mass is 16.2. The minimum Gasteiger partial charge on any atom is -0.350 e. The normalized spacial score (nSPS) is 17.1. The van der Waals surface area contributed by atoms with Gasteiger partial charge in [-0.15, -0.1) is 0 Å². The lowest BCUT2D eigenvalue weighted by atomic mass is 9.93. The number of amides is 2. The van der Waals surface area contributed by atoms with Gasteiger partial charge < -0.3 is 10.2 Å². The van der Waals surface area contributed by atoms with Crippen molar-refractivity contribution in [2.75, 3.05) is 13.1 Å². The Morgan fingerprint density at radius 3 is 2.48 bits per heavy atom. The van der Waals surface area contributed by atoms with Crippen LogP contribution in [0.4, 0.5) is 0 Å². The predicted molar refractivity (Wildman–Crippen MR) is 101 cm³/mol. The maximum atomic E-state index is 12.9. The summed E-state index contributed by atoms with van der Waals surface area (Å²) < 4.78 is 0. The second-order valence-electron chi connectivity index (χ2n) is 6.36. The van der Waals surface area contributed by atoms with E-state index in [9.17, 15) is 9.59 Å². The van der Waals surface area contributed by atoms with E-state index in [2.05, 4.69) is 12.2 Å². The molecule has 1 aromatic carbocycles. The molecule has 134 valence electrons. The zero-order valence-electron chi connectivity index (χ0n) is 15.2. The number of allylic oxidation sites excluding steroid dienone is 3. The van der Waals surface area contributed by atoms with Gasteiger partial charge in [-0.05, 0) is 31.7 Å². The molecular formula is C21H28N2O2. The summed E-state index contributed by atoms with van der Waals surface area (Å²) in [7, 11) is 0. The third-order valence-electron chi connectivity index (χ3n) is 4.61. The maximum Gasteiger partial charge on any atom is 0.244 e. The minimum absolute atomic E-state index is 0.0707. The molecule has 4 nitrogen and oxygen atoms in total. The summed E-state index contributed by atoms with van der Waals surface area (Å²) >= 11 is 0. The predicted octanol–water partition coefficient (Wildman–Crippen LogP) is 3.42. The van der Waals surface area contributed by atoms with Crippen molar-refractivity contribution in [2.45, 2.75) is 45.1 Å². The Bertz CT molecular complexity index is 614. The highest BCUT2D eigenvalue weighted by molar-refractivity contribution is 5.88. The summed E-state index contributed by atoms with van der Waals surface area (Å²) in [5.41, 5.74) is 1.08. The monoisotopic (exact) mass is 340 g/mol. The first-order valence-corrected chi connectivity index (χ1v) is 9.09. The second kappa shape index (κ2) is 9.82. The fourth-order valence-electron chi connectivity index (χ4n) is 3.21. The van der Waals surface area contributed by atoms with Crippen molar-refractivity contribution < 1.29 is 9.59 Å². The van der Waals surface area contributed by atoms with Gasteiger partial charge in [-0.2, -0.15) is 0 Å². The molecule has 25 heavy (non-hydrogen) atoms. The van der Waals surface area contributed by atoms with Gasteiger partial charge in [0.25, 0.3) is 0 Å². The van der Waals surface area contributed by atoms with Gasteiger partial charge in [0.2, 0.25) is 11.8 Å². The van der Waals surface area contributed by atoms with E-state index in [0.717, 1.165) is 24.8 Å². The standard InChI is InChI=1S/C21H28N2O2/c1-3-5-7-12-20(24)22-18-13-15-23(16-14-18)21(25)19(4-2)17-10-8-6-9-11-17/h3,5-12,18-19H,4,13-16H2,1-2H3,(H,22,24)/b5-3+,12-7+. The molecule has 1 aliphatic heterocycles. The van der Waals surface area contributed by atoms with Crippen LogP contribution in [0, 0.1) is 0 Å². The molecule has 1 atom stereocenters. The molecule has 0 saturated carbocycles. The number of likely N-dealkylation sites (tertiary alicyclic amines) is 1. The fourth-order valence-corrected chi connectivity index (χ4v) is 3.21. The van der Waals surface area contributed by atoms with Gasteiger partial charge in [-0.1, -0.05) is 55.5 Å². The third-order valence-corrected chi connectivity index (χ3v) is 4.61. The molecule has 0 spiro atoms. The van der Waals surface area contributed by atoms with Gasteiger partial charge in [0.15, 0.2) is 0 Å². The molecule has 0 radical (unpaired) electrons. The van der Waals surface area contributed by atoms with Crippen LogP contribution in [0.3, 0.4) is 0 Å². The minimum atomic E-state index is -0.0731. The SMILES string of the molecule is C/C=C/C=C/C(=O)NC1CCN(C(=O)C(CC)c2ccccc2)CC1. The summed E-state index contributed by atoms with van der Waals surface area (Å²) in [4.78, 5) is 26.6. The van der Waals surface area contributed by atoms with E-state index in [-0.39, 0.29) is 23.8 Å². The smallest absolute Gasteiger partial charge is 0.244 e. The molecular weight excluding hydrogens is 312 g/mol.